The summed E-state index contributed by atoms with van der Waals surface area (Å²) in [5.41, 5.74) is 1.44. The lowest BCUT2D eigenvalue weighted by Crippen LogP contribution is -2.54. The Morgan fingerprint density at radius 3 is 2.47 bits per heavy atom. The quantitative estimate of drug-likeness (QED) is 0.725. The molecule has 4 amide bonds. The van der Waals surface area contributed by atoms with E-state index in [0.29, 0.717) is 22.9 Å². The van der Waals surface area contributed by atoms with Gasteiger partial charge in [-0.2, -0.15) is 0 Å². The standard InChI is InChI=1S/C21H19N3O6/c1-29-15-8-6-11(10-16(15)30-2)22-13-5-3-4-12-18(13)21(28)24(20(12)27)14-7-9-17(25)23-19(14)26/h3-6,8,10,14,22H,7,9H2,1-2H3,(H,23,25,26). The molecule has 30 heavy (non-hydrogen) atoms. The fourth-order valence-corrected chi connectivity index (χ4v) is 3.69. The normalized spacial score (nSPS) is 18.2. The number of carbonyl (C=O) groups is 4. The van der Waals surface area contributed by atoms with E-state index in [1.807, 2.05) is 0 Å². The molecule has 2 aromatic rings. The van der Waals surface area contributed by atoms with Crippen LogP contribution >= 0.6 is 0 Å². The lowest BCUT2D eigenvalue weighted by atomic mass is 10.0. The average molecular weight is 409 g/mol. The number of rotatable bonds is 5. The van der Waals surface area contributed by atoms with Crippen LogP contribution in [0.5, 0.6) is 11.5 Å². The Morgan fingerprint density at radius 1 is 1.00 bits per heavy atom. The molecule has 0 spiro atoms. The number of carbonyl (C=O) groups excluding carboxylic acids is 4. The average Bonchev–Trinajstić information content (AvgIpc) is 2.99. The van der Waals surface area contributed by atoms with Crippen molar-refractivity contribution in [1.82, 2.24) is 10.2 Å². The molecule has 0 aromatic heterocycles. The van der Waals surface area contributed by atoms with Crippen molar-refractivity contribution in [3.63, 3.8) is 0 Å². The number of nitrogens with zero attached hydrogens (tertiary/aromatic N) is 1. The van der Waals surface area contributed by atoms with Crippen LogP contribution in [-0.2, 0) is 9.59 Å². The van der Waals surface area contributed by atoms with E-state index < -0.39 is 29.7 Å². The number of hydrogen-bond acceptors (Lipinski definition) is 7. The summed E-state index contributed by atoms with van der Waals surface area (Å²) in [6.07, 6.45) is 0.176. The van der Waals surface area contributed by atoms with Crippen LogP contribution in [0.4, 0.5) is 11.4 Å². The summed E-state index contributed by atoms with van der Waals surface area (Å²) in [4.78, 5) is 50.6. The van der Waals surface area contributed by atoms with Crippen molar-refractivity contribution >= 4 is 35.0 Å². The maximum atomic E-state index is 13.1. The zero-order valence-electron chi connectivity index (χ0n) is 16.4. The zero-order chi connectivity index (χ0) is 21.4. The van der Waals surface area contributed by atoms with Gasteiger partial charge in [0.05, 0.1) is 31.0 Å². The first kappa shape index (κ1) is 19.4. The molecule has 0 radical (unpaired) electrons. The monoisotopic (exact) mass is 409 g/mol. The highest BCUT2D eigenvalue weighted by atomic mass is 16.5. The maximum absolute atomic E-state index is 13.1. The summed E-state index contributed by atoms with van der Waals surface area (Å²) >= 11 is 0. The Labute approximate surface area is 171 Å². The molecule has 2 aliphatic rings. The third-order valence-corrected chi connectivity index (χ3v) is 5.13. The molecule has 1 atom stereocenters. The second kappa shape index (κ2) is 7.51. The second-order valence-electron chi connectivity index (χ2n) is 6.87. The molecule has 2 aliphatic heterocycles. The molecule has 154 valence electrons. The van der Waals surface area contributed by atoms with Crippen LogP contribution in [0.15, 0.2) is 36.4 Å². The highest BCUT2D eigenvalue weighted by Crippen LogP contribution is 2.36. The summed E-state index contributed by atoms with van der Waals surface area (Å²) in [6, 6.07) is 9.03. The number of piperidine rings is 1. The van der Waals surface area contributed by atoms with Gasteiger partial charge in [0.25, 0.3) is 11.8 Å². The number of amides is 4. The predicted molar refractivity (Wildman–Crippen MR) is 106 cm³/mol. The molecular weight excluding hydrogens is 390 g/mol. The highest BCUT2D eigenvalue weighted by Gasteiger charge is 2.45. The minimum absolute atomic E-state index is 0.0700. The molecule has 1 unspecified atom stereocenters. The van der Waals surface area contributed by atoms with Gasteiger partial charge in [0.2, 0.25) is 11.8 Å². The summed E-state index contributed by atoms with van der Waals surface area (Å²) in [6.45, 7) is 0. The SMILES string of the molecule is COc1ccc(Nc2cccc3c2C(=O)N(C2CCC(=O)NC2=O)C3=O)cc1OC. The van der Waals surface area contributed by atoms with E-state index in [2.05, 4.69) is 10.6 Å². The van der Waals surface area contributed by atoms with Gasteiger partial charge in [0.15, 0.2) is 11.5 Å². The van der Waals surface area contributed by atoms with Gasteiger partial charge < -0.3 is 14.8 Å². The molecule has 2 heterocycles. The third-order valence-electron chi connectivity index (χ3n) is 5.13. The van der Waals surface area contributed by atoms with E-state index in [4.69, 9.17) is 9.47 Å². The Kier molecular flexibility index (Phi) is 4.86. The molecule has 9 nitrogen and oxygen atoms in total. The first-order valence-corrected chi connectivity index (χ1v) is 9.28. The van der Waals surface area contributed by atoms with E-state index in [-0.39, 0.29) is 24.0 Å². The van der Waals surface area contributed by atoms with Gasteiger partial charge in [-0.05, 0) is 30.7 Å². The van der Waals surface area contributed by atoms with Gasteiger partial charge in [0, 0.05) is 18.2 Å². The highest BCUT2D eigenvalue weighted by molar-refractivity contribution is 6.25. The molecule has 1 fully saturated rings. The van der Waals surface area contributed by atoms with Crippen LogP contribution in [-0.4, -0.2) is 48.8 Å². The summed E-state index contributed by atoms with van der Waals surface area (Å²) in [5.74, 6) is -1.13. The molecule has 0 saturated carbocycles. The minimum atomic E-state index is -1.01. The van der Waals surface area contributed by atoms with Crippen molar-refractivity contribution in [2.45, 2.75) is 18.9 Å². The van der Waals surface area contributed by atoms with Gasteiger partial charge in [-0.1, -0.05) is 6.07 Å². The molecule has 1 saturated heterocycles. The zero-order valence-corrected chi connectivity index (χ0v) is 16.4. The van der Waals surface area contributed by atoms with Crippen LogP contribution in [0.3, 0.4) is 0 Å². The van der Waals surface area contributed by atoms with E-state index >= 15 is 0 Å². The fraction of sp³-hybridized carbons (Fsp3) is 0.238. The number of hydrogen-bond donors (Lipinski definition) is 2. The molecular formula is C21H19N3O6. The first-order chi connectivity index (χ1) is 14.4. The number of anilines is 2. The lowest BCUT2D eigenvalue weighted by Gasteiger charge is -2.27. The summed E-state index contributed by atoms with van der Waals surface area (Å²) in [7, 11) is 3.05. The topological polar surface area (TPSA) is 114 Å². The number of nitrogens with one attached hydrogen (secondary N) is 2. The van der Waals surface area contributed by atoms with Gasteiger partial charge >= 0.3 is 0 Å². The van der Waals surface area contributed by atoms with Crippen LogP contribution in [0.2, 0.25) is 0 Å². The Balaban J connectivity index is 1.67. The van der Waals surface area contributed by atoms with Gasteiger partial charge in [0.1, 0.15) is 6.04 Å². The van der Waals surface area contributed by atoms with Crippen LogP contribution in [0.25, 0.3) is 0 Å². The molecule has 0 aliphatic carbocycles. The van der Waals surface area contributed by atoms with Crippen molar-refractivity contribution in [2.75, 3.05) is 19.5 Å². The largest absolute Gasteiger partial charge is 0.493 e. The van der Waals surface area contributed by atoms with E-state index in [1.165, 1.54) is 14.2 Å². The first-order valence-electron chi connectivity index (χ1n) is 9.28. The number of fused-ring (bicyclic) bond motifs is 1. The van der Waals surface area contributed by atoms with Crippen molar-refractivity contribution in [2.24, 2.45) is 0 Å². The van der Waals surface area contributed by atoms with Crippen molar-refractivity contribution in [1.29, 1.82) is 0 Å². The van der Waals surface area contributed by atoms with Crippen molar-refractivity contribution in [3.05, 3.63) is 47.5 Å². The van der Waals surface area contributed by atoms with E-state index in [1.54, 1.807) is 36.4 Å². The Morgan fingerprint density at radius 2 is 1.77 bits per heavy atom. The molecule has 4 rings (SSSR count). The van der Waals surface area contributed by atoms with Gasteiger partial charge in [-0.25, -0.2) is 0 Å². The summed E-state index contributed by atoms with van der Waals surface area (Å²) in [5, 5.41) is 5.32. The van der Waals surface area contributed by atoms with Crippen LogP contribution in [0.1, 0.15) is 33.6 Å². The second-order valence-corrected chi connectivity index (χ2v) is 6.87. The van der Waals surface area contributed by atoms with E-state index in [9.17, 15) is 19.2 Å². The van der Waals surface area contributed by atoms with Crippen molar-refractivity contribution < 1.29 is 28.7 Å². The summed E-state index contributed by atoms with van der Waals surface area (Å²) < 4.78 is 10.5. The lowest BCUT2D eigenvalue weighted by molar-refractivity contribution is -0.136. The van der Waals surface area contributed by atoms with Gasteiger partial charge in [-0.3, -0.25) is 29.4 Å². The molecule has 2 aromatic carbocycles. The molecule has 2 N–H and O–H groups in total. The van der Waals surface area contributed by atoms with Crippen molar-refractivity contribution in [3.8, 4) is 11.5 Å². The van der Waals surface area contributed by atoms with Crippen LogP contribution in [0, 0.1) is 0 Å². The Hall–Kier alpha value is -3.88. The van der Waals surface area contributed by atoms with E-state index in [0.717, 1.165) is 4.90 Å². The smallest absolute Gasteiger partial charge is 0.264 e. The number of benzene rings is 2. The number of imide groups is 2. The number of ether oxygens (including phenoxy) is 2. The minimum Gasteiger partial charge on any atom is -0.493 e. The van der Waals surface area contributed by atoms with Crippen LogP contribution < -0.4 is 20.1 Å². The predicted octanol–water partition coefficient (Wildman–Crippen LogP) is 1.85. The third kappa shape index (κ3) is 3.14. The number of methoxy groups -OCH3 is 2. The molecule has 0 bridgehead atoms. The maximum Gasteiger partial charge on any atom is 0.264 e. The fourth-order valence-electron chi connectivity index (χ4n) is 3.69. The van der Waals surface area contributed by atoms with Gasteiger partial charge in [-0.15, -0.1) is 0 Å². The Bertz CT molecular complexity index is 1080. The molecule has 9 heteroatoms.